The fourth-order valence-electron chi connectivity index (χ4n) is 2.03. The van der Waals surface area contributed by atoms with E-state index in [9.17, 15) is 13.2 Å². The van der Waals surface area contributed by atoms with Gasteiger partial charge in [0, 0.05) is 10.9 Å². The molecule has 0 aliphatic carbocycles. The largest absolute Gasteiger partial charge is 0.416 e. The Labute approximate surface area is 115 Å². The molecule has 0 fully saturated rings. The third kappa shape index (κ3) is 2.70. The number of hydrogen-bond acceptors (Lipinski definition) is 3. The Hall–Kier alpha value is -1.82. The zero-order valence-corrected chi connectivity index (χ0v) is 11.5. The minimum atomic E-state index is -4.36. The number of nitrogen functional groups attached to an aromatic ring is 1. The normalized spacial score (nSPS) is 12.8. The number of hydrogen-bond donors (Lipinski definition) is 2. The van der Waals surface area contributed by atoms with Gasteiger partial charge in [0.25, 0.3) is 0 Å². The minimum Gasteiger partial charge on any atom is -0.308 e. The summed E-state index contributed by atoms with van der Waals surface area (Å²) in [7, 11) is 0. The molecule has 1 aromatic heterocycles. The fraction of sp³-hybridized carbons (Fsp3) is 0.357. The second-order valence-corrected chi connectivity index (χ2v) is 5.68. The number of nitrogens with one attached hydrogen (secondary N) is 1. The van der Waals surface area contributed by atoms with Crippen molar-refractivity contribution in [3.8, 4) is 0 Å². The molecule has 0 spiro atoms. The van der Waals surface area contributed by atoms with Crippen LogP contribution in [0, 0.1) is 0 Å². The van der Waals surface area contributed by atoms with E-state index in [2.05, 4.69) is 10.4 Å². The van der Waals surface area contributed by atoms with Crippen LogP contribution >= 0.6 is 0 Å². The molecule has 0 atom stereocenters. The summed E-state index contributed by atoms with van der Waals surface area (Å²) in [6.07, 6.45) is -4.36. The highest BCUT2D eigenvalue weighted by Crippen LogP contribution is 2.34. The van der Waals surface area contributed by atoms with Gasteiger partial charge in [-0.2, -0.15) is 13.2 Å². The first kappa shape index (κ1) is 14.6. The Morgan fingerprint density at radius 3 is 2.25 bits per heavy atom. The van der Waals surface area contributed by atoms with E-state index in [1.807, 2.05) is 20.8 Å². The molecule has 0 radical (unpaired) electrons. The summed E-state index contributed by atoms with van der Waals surface area (Å²) in [5, 5.41) is 0.448. The summed E-state index contributed by atoms with van der Waals surface area (Å²) in [5.74, 6) is 5.92. The maximum absolute atomic E-state index is 12.7. The molecule has 1 aromatic carbocycles. The lowest BCUT2D eigenvalue weighted by Gasteiger charge is -2.22. The van der Waals surface area contributed by atoms with E-state index in [1.54, 1.807) is 6.07 Å². The second-order valence-electron chi connectivity index (χ2n) is 5.68. The summed E-state index contributed by atoms with van der Waals surface area (Å²) in [4.78, 5) is 4.28. The molecule has 0 aliphatic heterocycles. The number of benzene rings is 1. The maximum Gasteiger partial charge on any atom is 0.416 e. The highest BCUT2D eigenvalue weighted by Gasteiger charge is 2.30. The van der Waals surface area contributed by atoms with Gasteiger partial charge in [-0.05, 0) is 29.7 Å². The first-order chi connectivity index (χ1) is 9.13. The number of anilines is 1. The van der Waals surface area contributed by atoms with Gasteiger partial charge in [0.1, 0.15) is 5.82 Å². The Kier molecular flexibility index (Phi) is 3.37. The Bertz CT molecular complexity index is 642. The number of fused-ring (bicyclic) bond motifs is 1. The molecule has 3 nitrogen and oxygen atoms in total. The van der Waals surface area contributed by atoms with Crippen LogP contribution in [0.5, 0.6) is 0 Å². The van der Waals surface area contributed by atoms with Gasteiger partial charge in [-0.15, -0.1) is 0 Å². The van der Waals surface area contributed by atoms with Crippen molar-refractivity contribution in [2.24, 2.45) is 5.84 Å². The van der Waals surface area contributed by atoms with Crippen LogP contribution in [0.2, 0.25) is 0 Å². The SMILES string of the molecule is CC(C)(C)c1cc2cc(C(F)(F)F)ccc2nc1NN. The number of alkyl halides is 3. The number of hydrazine groups is 1. The highest BCUT2D eigenvalue weighted by atomic mass is 19.4. The predicted molar refractivity (Wildman–Crippen MR) is 73.3 cm³/mol. The van der Waals surface area contributed by atoms with Crippen LogP contribution in [0.25, 0.3) is 10.9 Å². The number of rotatable bonds is 1. The number of nitrogens with zero attached hydrogens (tertiary/aromatic N) is 1. The lowest BCUT2D eigenvalue weighted by molar-refractivity contribution is -0.137. The third-order valence-electron chi connectivity index (χ3n) is 3.09. The van der Waals surface area contributed by atoms with Crippen molar-refractivity contribution in [3.63, 3.8) is 0 Å². The summed E-state index contributed by atoms with van der Waals surface area (Å²) < 4.78 is 38.2. The molecular weight excluding hydrogens is 267 g/mol. The number of nitrogens with two attached hydrogens (primary N) is 1. The first-order valence-corrected chi connectivity index (χ1v) is 6.12. The molecule has 1 heterocycles. The number of pyridine rings is 1. The summed E-state index contributed by atoms with van der Waals surface area (Å²) in [6, 6.07) is 5.18. The van der Waals surface area contributed by atoms with Crippen LogP contribution in [-0.2, 0) is 11.6 Å². The molecule has 0 bridgehead atoms. The van der Waals surface area contributed by atoms with E-state index in [4.69, 9.17) is 5.84 Å². The van der Waals surface area contributed by atoms with Gasteiger partial charge in [-0.1, -0.05) is 20.8 Å². The molecule has 0 unspecified atom stereocenters. The van der Waals surface area contributed by atoms with E-state index in [-0.39, 0.29) is 5.41 Å². The van der Waals surface area contributed by atoms with E-state index in [1.165, 1.54) is 6.07 Å². The summed E-state index contributed by atoms with van der Waals surface area (Å²) in [5.41, 5.74) is 2.79. The monoisotopic (exact) mass is 283 g/mol. The van der Waals surface area contributed by atoms with Crippen molar-refractivity contribution in [1.29, 1.82) is 0 Å². The average molecular weight is 283 g/mol. The van der Waals surface area contributed by atoms with Crippen LogP contribution in [0.15, 0.2) is 24.3 Å². The van der Waals surface area contributed by atoms with Crippen molar-refractivity contribution < 1.29 is 13.2 Å². The first-order valence-electron chi connectivity index (χ1n) is 6.12. The smallest absolute Gasteiger partial charge is 0.308 e. The lowest BCUT2D eigenvalue weighted by Crippen LogP contribution is -2.19. The van der Waals surface area contributed by atoms with Crippen LogP contribution in [0.1, 0.15) is 31.9 Å². The molecule has 0 amide bonds. The van der Waals surface area contributed by atoms with Crippen LogP contribution in [0.4, 0.5) is 19.0 Å². The van der Waals surface area contributed by atoms with Gasteiger partial charge >= 0.3 is 6.18 Å². The molecular formula is C14H16F3N3. The van der Waals surface area contributed by atoms with Gasteiger partial charge < -0.3 is 5.43 Å². The Morgan fingerprint density at radius 2 is 1.75 bits per heavy atom. The quantitative estimate of drug-likeness (QED) is 0.617. The molecule has 0 saturated heterocycles. The zero-order chi connectivity index (χ0) is 15.1. The van der Waals surface area contributed by atoms with Gasteiger partial charge in [-0.25, -0.2) is 10.8 Å². The molecule has 6 heteroatoms. The van der Waals surface area contributed by atoms with Crippen molar-refractivity contribution in [1.82, 2.24) is 4.98 Å². The fourth-order valence-corrected chi connectivity index (χ4v) is 2.03. The van der Waals surface area contributed by atoms with Crippen molar-refractivity contribution in [3.05, 3.63) is 35.4 Å². The van der Waals surface area contributed by atoms with E-state index >= 15 is 0 Å². The van der Waals surface area contributed by atoms with Crippen LogP contribution in [-0.4, -0.2) is 4.98 Å². The standard InChI is InChI=1S/C14H16F3N3/c1-13(2,3)10-7-8-6-9(14(15,16)17)4-5-11(8)19-12(10)20-18/h4-7H,18H2,1-3H3,(H,19,20). The third-order valence-corrected chi connectivity index (χ3v) is 3.09. The summed E-state index contributed by atoms with van der Waals surface area (Å²) in [6.45, 7) is 5.85. The van der Waals surface area contributed by atoms with Crippen molar-refractivity contribution in [2.45, 2.75) is 32.4 Å². The minimum absolute atomic E-state index is 0.281. The van der Waals surface area contributed by atoms with Gasteiger partial charge in [0.15, 0.2) is 0 Å². The van der Waals surface area contributed by atoms with E-state index in [0.29, 0.717) is 16.7 Å². The van der Waals surface area contributed by atoms with Crippen LogP contribution < -0.4 is 11.3 Å². The number of aromatic nitrogens is 1. The predicted octanol–water partition coefficient (Wildman–Crippen LogP) is 3.84. The molecule has 20 heavy (non-hydrogen) atoms. The van der Waals surface area contributed by atoms with Gasteiger partial charge in [0.05, 0.1) is 11.1 Å². The lowest BCUT2D eigenvalue weighted by atomic mass is 9.86. The van der Waals surface area contributed by atoms with E-state index < -0.39 is 11.7 Å². The maximum atomic E-state index is 12.7. The average Bonchev–Trinajstić information content (AvgIpc) is 2.34. The number of halogens is 3. The van der Waals surface area contributed by atoms with Crippen molar-refractivity contribution >= 4 is 16.7 Å². The highest BCUT2D eigenvalue weighted by molar-refractivity contribution is 5.83. The topological polar surface area (TPSA) is 50.9 Å². The van der Waals surface area contributed by atoms with E-state index in [0.717, 1.165) is 17.7 Å². The molecule has 0 saturated carbocycles. The summed E-state index contributed by atoms with van der Waals surface area (Å²) >= 11 is 0. The molecule has 3 N–H and O–H groups in total. The van der Waals surface area contributed by atoms with Crippen LogP contribution in [0.3, 0.4) is 0 Å². The Morgan fingerprint density at radius 1 is 1.10 bits per heavy atom. The molecule has 2 aromatic rings. The van der Waals surface area contributed by atoms with Gasteiger partial charge in [0.2, 0.25) is 0 Å². The molecule has 108 valence electrons. The Balaban J connectivity index is 2.70. The molecule has 2 rings (SSSR count). The van der Waals surface area contributed by atoms with Crippen molar-refractivity contribution in [2.75, 3.05) is 5.43 Å². The zero-order valence-electron chi connectivity index (χ0n) is 11.5. The second kappa shape index (κ2) is 4.63. The van der Waals surface area contributed by atoms with Gasteiger partial charge in [-0.3, -0.25) is 0 Å². The molecule has 0 aliphatic rings.